The van der Waals surface area contributed by atoms with Crippen molar-refractivity contribution >= 4 is 33.8 Å². The Morgan fingerprint density at radius 3 is 1.81 bits per heavy atom. The van der Waals surface area contributed by atoms with Crippen LogP contribution in [0.5, 0.6) is 0 Å². The van der Waals surface area contributed by atoms with Gasteiger partial charge < -0.3 is 0 Å². The number of hydrogen-bond donors (Lipinski definition) is 2. The second-order valence-corrected chi connectivity index (χ2v) is 10.2. The maximum atomic E-state index is 11.3. The van der Waals surface area contributed by atoms with Crippen LogP contribution in [0, 0.1) is 5.41 Å². The molecular formula is C22H25NO2S2. The highest BCUT2D eigenvalue weighted by atomic mass is 32.2. The predicted octanol–water partition coefficient (Wildman–Crippen LogP) is 5.03. The lowest BCUT2D eigenvalue weighted by atomic mass is 9.81. The summed E-state index contributed by atoms with van der Waals surface area (Å²) in [4.78, 5) is 0.974. The van der Waals surface area contributed by atoms with E-state index in [2.05, 4.69) is 49.0 Å². The zero-order valence-electron chi connectivity index (χ0n) is 15.3. The van der Waals surface area contributed by atoms with Crippen LogP contribution >= 0.6 is 12.6 Å². The third-order valence-electron chi connectivity index (χ3n) is 6.02. The molecule has 0 aromatic heterocycles. The third-order valence-corrected chi connectivity index (χ3v) is 7.05. The molecule has 0 aliphatic heterocycles. The van der Waals surface area contributed by atoms with E-state index in [4.69, 9.17) is 5.14 Å². The standard InChI is InChI=1S/C22H25NO2S2/c23-27(24,25)15-16-3-5-17(6-4-16)20-13-22(11-1-2-12-22)14-21(20)18-7-9-19(26)10-8-18/h3-10,26H,1-2,11-15H2,(H2,23,24,25). The Morgan fingerprint density at radius 1 is 0.852 bits per heavy atom. The first-order chi connectivity index (χ1) is 12.8. The summed E-state index contributed by atoms with van der Waals surface area (Å²) in [5.41, 5.74) is 6.46. The fourth-order valence-electron chi connectivity index (χ4n) is 4.75. The van der Waals surface area contributed by atoms with Crippen LogP contribution < -0.4 is 5.14 Å². The molecule has 2 aliphatic carbocycles. The molecule has 142 valence electrons. The van der Waals surface area contributed by atoms with Gasteiger partial charge in [-0.3, -0.25) is 0 Å². The summed E-state index contributed by atoms with van der Waals surface area (Å²) < 4.78 is 22.7. The summed E-state index contributed by atoms with van der Waals surface area (Å²) in [6.07, 6.45) is 7.49. The first kappa shape index (κ1) is 18.8. The molecule has 0 atom stereocenters. The van der Waals surface area contributed by atoms with Crippen LogP contribution in [0.25, 0.3) is 11.1 Å². The first-order valence-corrected chi connectivity index (χ1v) is 11.6. The molecule has 27 heavy (non-hydrogen) atoms. The zero-order chi connectivity index (χ0) is 19.1. The lowest BCUT2D eigenvalue weighted by Crippen LogP contribution is -2.14. The van der Waals surface area contributed by atoms with Gasteiger partial charge in [0.2, 0.25) is 10.0 Å². The quantitative estimate of drug-likeness (QED) is 0.709. The predicted molar refractivity (Wildman–Crippen MR) is 114 cm³/mol. The minimum Gasteiger partial charge on any atom is -0.228 e. The third kappa shape index (κ3) is 4.15. The Hall–Kier alpha value is -1.56. The number of allylic oxidation sites excluding steroid dienone is 2. The van der Waals surface area contributed by atoms with E-state index < -0.39 is 10.0 Å². The summed E-state index contributed by atoms with van der Waals surface area (Å²) in [6.45, 7) is 0. The van der Waals surface area contributed by atoms with Crippen LogP contribution in [0.1, 0.15) is 55.2 Å². The normalized spacial score (nSPS) is 19.2. The van der Waals surface area contributed by atoms with Gasteiger partial charge in [0.05, 0.1) is 5.75 Å². The Labute approximate surface area is 167 Å². The summed E-state index contributed by atoms with van der Waals surface area (Å²) in [5, 5.41) is 5.17. The Balaban J connectivity index is 1.71. The summed E-state index contributed by atoms with van der Waals surface area (Å²) >= 11 is 4.42. The minimum absolute atomic E-state index is 0.119. The van der Waals surface area contributed by atoms with Crippen molar-refractivity contribution in [2.75, 3.05) is 0 Å². The molecule has 2 N–H and O–H groups in total. The molecule has 1 spiro atoms. The number of thiol groups is 1. The van der Waals surface area contributed by atoms with Crippen LogP contribution in [0.15, 0.2) is 53.4 Å². The van der Waals surface area contributed by atoms with E-state index in [1.165, 1.54) is 48.0 Å². The molecule has 0 radical (unpaired) electrons. The number of benzene rings is 2. The van der Waals surface area contributed by atoms with Crippen molar-refractivity contribution in [1.82, 2.24) is 0 Å². The fourth-order valence-corrected chi connectivity index (χ4v) is 5.56. The van der Waals surface area contributed by atoms with E-state index in [1.54, 1.807) is 0 Å². The summed E-state index contributed by atoms with van der Waals surface area (Å²) in [5.74, 6) is -0.119. The van der Waals surface area contributed by atoms with Gasteiger partial charge in [0.1, 0.15) is 0 Å². The number of nitrogens with two attached hydrogens (primary N) is 1. The Kier molecular flexibility index (Phi) is 4.95. The topological polar surface area (TPSA) is 60.2 Å². The molecule has 2 aliphatic rings. The van der Waals surface area contributed by atoms with E-state index in [0.29, 0.717) is 5.41 Å². The van der Waals surface area contributed by atoms with Gasteiger partial charge >= 0.3 is 0 Å². The lowest BCUT2D eigenvalue weighted by molar-refractivity contribution is 0.330. The van der Waals surface area contributed by atoms with Gasteiger partial charge in [0.25, 0.3) is 0 Å². The molecule has 2 aromatic rings. The second kappa shape index (κ2) is 7.12. The highest BCUT2D eigenvalue weighted by molar-refractivity contribution is 7.88. The van der Waals surface area contributed by atoms with Crippen LogP contribution in [-0.4, -0.2) is 8.42 Å². The van der Waals surface area contributed by atoms with E-state index in [1.807, 2.05) is 12.1 Å². The van der Waals surface area contributed by atoms with Gasteiger partial charge in [0, 0.05) is 4.90 Å². The van der Waals surface area contributed by atoms with E-state index >= 15 is 0 Å². The molecule has 2 aromatic carbocycles. The van der Waals surface area contributed by atoms with Crippen molar-refractivity contribution in [2.45, 2.75) is 49.2 Å². The largest absolute Gasteiger partial charge is 0.228 e. The van der Waals surface area contributed by atoms with Crippen molar-refractivity contribution < 1.29 is 8.42 Å². The first-order valence-electron chi connectivity index (χ1n) is 9.45. The van der Waals surface area contributed by atoms with Crippen molar-refractivity contribution in [3.05, 3.63) is 65.2 Å². The monoisotopic (exact) mass is 399 g/mol. The number of primary sulfonamides is 1. The van der Waals surface area contributed by atoms with Crippen molar-refractivity contribution in [1.29, 1.82) is 0 Å². The minimum atomic E-state index is -3.50. The Bertz CT molecular complexity index is 968. The van der Waals surface area contributed by atoms with Gasteiger partial charge in [-0.2, -0.15) is 0 Å². The van der Waals surface area contributed by atoms with Crippen LogP contribution in [0.2, 0.25) is 0 Å². The van der Waals surface area contributed by atoms with E-state index in [-0.39, 0.29) is 5.75 Å². The molecule has 4 rings (SSSR count). The molecule has 0 unspecified atom stereocenters. The molecule has 0 heterocycles. The van der Waals surface area contributed by atoms with Crippen molar-refractivity contribution in [3.8, 4) is 0 Å². The molecule has 0 saturated heterocycles. The smallest absolute Gasteiger partial charge is 0.213 e. The summed E-state index contributed by atoms with van der Waals surface area (Å²) in [7, 11) is -3.50. The number of rotatable bonds is 4. The number of sulfonamides is 1. The van der Waals surface area contributed by atoms with Crippen molar-refractivity contribution in [2.24, 2.45) is 10.6 Å². The highest BCUT2D eigenvalue weighted by Crippen LogP contribution is 2.57. The van der Waals surface area contributed by atoms with Crippen LogP contribution in [0.3, 0.4) is 0 Å². The molecule has 0 amide bonds. The lowest BCUT2D eigenvalue weighted by Gasteiger charge is -2.23. The van der Waals surface area contributed by atoms with E-state index in [9.17, 15) is 8.42 Å². The average Bonchev–Trinajstić information content (AvgIpc) is 3.22. The molecule has 3 nitrogen and oxygen atoms in total. The van der Waals surface area contributed by atoms with Gasteiger partial charge in [0.15, 0.2) is 0 Å². The highest BCUT2D eigenvalue weighted by Gasteiger charge is 2.41. The SMILES string of the molecule is NS(=O)(=O)Cc1ccc(C2=C(c3ccc(S)cc3)CC3(CCCC3)C2)cc1. The number of hydrogen-bond acceptors (Lipinski definition) is 3. The van der Waals surface area contributed by atoms with Crippen LogP contribution in [0.4, 0.5) is 0 Å². The molecule has 1 fully saturated rings. The average molecular weight is 400 g/mol. The van der Waals surface area contributed by atoms with Crippen molar-refractivity contribution in [3.63, 3.8) is 0 Å². The zero-order valence-corrected chi connectivity index (χ0v) is 17.0. The molecule has 0 bridgehead atoms. The maximum absolute atomic E-state index is 11.3. The Morgan fingerprint density at radius 2 is 1.33 bits per heavy atom. The fraction of sp³-hybridized carbons (Fsp3) is 0.364. The second-order valence-electron chi connectivity index (χ2n) is 8.07. The molecule has 5 heteroatoms. The van der Waals surface area contributed by atoms with Gasteiger partial charge in [-0.05, 0) is 71.1 Å². The van der Waals surface area contributed by atoms with Gasteiger partial charge in [-0.1, -0.05) is 49.2 Å². The van der Waals surface area contributed by atoms with Gasteiger partial charge in [-0.15, -0.1) is 12.6 Å². The molecular weight excluding hydrogens is 374 g/mol. The molecule has 1 saturated carbocycles. The summed E-state index contributed by atoms with van der Waals surface area (Å²) in [6, 6.07) is 16.3. The van der Waals surface area contributed by atoms with Gasteiger partial charge in [-0.25, -0.2) is 13.6 Å². The maximum Gasteiger partial charge on any atom is 0.213 e. The van der Waals surface area contributed by atoms with E-state index in [0.717, 1.165) is 23.3 Å². The van der Waals surface area contributed by atoms with Crippen LogP contribution in [-0.2, 0) is 15.8 Å².